The van der Waals surface area contributed by atoms with Crippen LogP contribution in [0.3, 0.4) is 0 Å². The van der Waals surface area contributed by atoms with Crippen LogP contribution >= 0.6 is 11.3 Å². The van der Waals surface area contributed by atoms with Gasteiger partial charge in [-0.25, -0.2) is 9.97 Å². The summed E-state index contributed by atoms with van der Waals surface area (Å²) in [4.78, 5) is 10.2. The fraction of sp³-hybridized carbons (Fsp3) is 0.353. The maximum Gasteiger partial charge on any atom is 0.223 e. The molecule has 3 aromatic heterocycles. The highest BCUT2D eigenvalue weighted by Crippen LogP contribution is 2.33. The molecule has 0 amide bonds. The first-order valence-electron chi connectivity index (χ1n) is 8.07. The highest BCUT2D eigenvalue weighted by Gasteiger charge is 2.18. The molecule has 1 aliphatic heterocycles. The number of thiophene rings is 1. The second-order valence-electron chi connectivity index (χ2n) is 5.71. The average Bonchev–Trinajstić information content (AvgIpc) is 3.32. The molecule has 0 aromatic carbocycles. The largest absolute Gasteiger partial charge is 0.376 e. The minimum absolute atomic E-state index is 0.0131. The average molecular weight is 358 g/mol. The van der Waals surface area contributed by atoms with Gasteiger partial charge in [0, 0.05) is 18.8 Å². The Kier molecular flexibility index (Phi) is 4.73. The van der Waals surface area contributed by atoms with Crippen molar-refractivity contribution in [3.63, 3.8) is 0 Å². The first kappa shape index (κ1) is 16.2. The molecule has 0 aliphatic carbocycles. The molecular weight excluding hydrogens is 340 g/mol. The topological polar surface area (TPSA) is 82.3 Å². The monoisotopic (exact) mass is 358 g/mol. The van der Waals surface area contributed by atoms with Crippen LogP contribution < -0.4 is 5.32 Å². The van der Waals surface area contributed by atoms with Crippen LogP contribution in [0.5, 0.6) is 0 Å². The van der Waals surface area contributed by atoms with Crippen molar-refractivity contribution in [2.45, 2.75) is 13.0 Å². The zero-order valence-corrected chi connectivity index (χ0v) is 14.6. The van der Waals surface area contributed by atoms with Crippen molar-refractivity contribution in [3.8, 4) is 21.9 Å². The molecule has 0 spiro atoms. The summed E-state index contributed by atoms with van der Waals surface area (Å²) in [6.45, 7) is 4.35. The van der Waals surface area contributed by atoms with Crippen molar-refractivity contribution in [3.05, 3.63) is 35.5 Å². The quantitative estimate of drug-likeness (QED) is 0.751. The molecule has 0 saturated carbocycles. The Hall–Kier alpha value is -2.29. The van der Waals surface area contributed by atoms with Crippen LogP contribution in [0, 0.1) is 6.92 Å². The summed E-state index contributed by atoms with van der Waals surface area (Å²) < 4.78 is 16.4. The summed E-state index contributed by atoms with van der Waals surface area (Å²) in [5, 5.41) is 9.21. The lowest BCUT2D eigenvalue weighted by Gasteiger charge is -2.23. The van der Waals surface area contributed by atoms with E-state index in [0.717, 1.165) is 21.8 Å². The lowest BCUT2D eigenvalue weighted by atomic mass is 10.1. The first-order valence-corrected chi connectivity index (χ1v) is 8.95. The molecular formula is C17H18N4O3S. The molecule has 25 heavy (non-hydrogen) atoms. The maximum atomic E-state index is 5.63. The molecule has 1 saturated heterocycles. The summed E-state index contributed by atoms with van der Waals surface area (Å²) in [6.07, 6.45) is 1.78. The Balaban J connectivity index is 1.60. The lowest BCUT2D eigenvalue weighted by Crippen LogP contribution is -2.34. The van der Waals surface area contributed by atoms with Crippen LogP contribution in [0.2, 0.25) is 0 Å². The Morgan fingerprint density at radius 1 is 1.36 bits per heavy atom. The van der Waals surface area contributed by atoms with Gasteiger partial charge in [0.05, 0.1) is 47.8 Å². The fourth-order valence-corrected chi connectivity index (χ4v) is 3.33. The number of nitrogens with zero attached hydrogens (tertiary/aromatic N) is 3. The Bertz CT molecular complexity index is 828. The number of ether oxygens (including phenoxy) is 2. The lowest BCUT2D eigenvalue weighted by molar-refractivity contribution is -0.0819. The molecule has 1 N–H and O–H groups in total. The van der Waals surface area contributed by atoms with Crippen LogP contribution in [0.25, 0.3) is 21.9 Å². The van der Waals surface area contributed by atoms with E-state index in [2.05, 4.69) is 20.4 Å². The Morgan fingerprint density at radius 2 is 2.32 bits per heavy atom. The number of rotatable bonds is 5. The third-order valence-electron chi connectivity index (χ3n) is 3.81. The molecule has 1 aliphatic rings. The number of anilines is 1. The second kappa shape index (κ2) is 7.30. The smallest absolute Gasteiger partial charge is 0.223 e. The standard InChI is InChI=1S/C17H18N4O3S/c1-11-7-14(24-21-11)13-9-19-17(18-8-12-10-22-4-5-23-12)20-16(13)15-3-2-6-25-15/h2-3,6-7,9,12H,4-5,8,10H2,1H3,(H,18,19,20)/t12-/m0/s1. The summed E-state index contributed by atoms with van der Waals surface area (Å²) >= 11 is 1.62. The second-order valence-corrected chi connectivity index (χ2v) is 6.66. The summed E-state index contributed by atoms with van der Waals surface area (Å²) in [7, 11) is 0. The molecule has 1 atom stereocenters. The minimum atomic E-state index is 0.0131. The van der Waals surface area contributed by atoms with Crippen LogP contribution in [-0.4, -0.2) is 47.6 Å². The van der Waals surface area contributed by atoms with Crippen LogP contribution in [-0.2, 0) is 9.47 Å². The number of aromatic nitrogens is 3. The van der Waals surface area contributed by atoms with Crippen LogP contribution in [0.15, 0.2) is 34.3 Å². The molecule has 4 rings (SSSR count). The molecule has 8 heteroatoms. The molecule has 0 bridgehead atoms. The molecule has 7 nitrogen and oxygen atoms in total. The van der Waals surface area contributed by atoms with E-state index in [4.69, 9.17) is 14.0 Å². The Morgan fingerprint density at radius 3 is 3.04 bits per heavy atom. The van der Waals surface area contributed by atoms with E-state index in [1.165, 1.54) is 0 Å². The van der Waals surface area contributed by atoms with Gasteiger partial charge in [-0.05, 0) is 18.4 Å². The summed E-state index contributed by atoms with van der Waals surface area (Å²) in [5.74, 6) is 1.22. The molecule has 4 heterocycles. The van der Waals surface area contributed by atoms with E-state index >= 15 is 0 Å². The molecule has 130 valence electrons. The van der Waals surface area contributed by atoms with Gasteiger partial charge < -0.3 is 19.3 Å². The number of aryl methyl sites for hydroxylation is 1. The van der Waals surface area contributed by atoms with Gasteiger partial charge in [-0.3, -0.25) is 0 Å². The normalized spacial score (nSPS) is 17.6. The van der Waals surface area contributed by atoms with Gasteiger partial charge in [0.25, 0.3) is 0 Å². The van der Waals surface area contributed by atoms with Crippen molar-refractivity contribution < 1.29 is 14.0 Å². The van der Waals surface area contributed by atoms with Crippen molar-refractivity contribution in [1.29, 1.82) is 0 Å². The molecule has 0 radical (unpaired) electrons. The van der Waals surface area contributed by atoms with Crippen molar-refractivity contribution in [2.24, 2.45) is 0 Å². The number of nitrogens with one attached hydrogen (secondary N) is 1. The summed E-state index contributed by atoms with van der Waals surface area (Å²) in [6, 6.07) is 5.91. The third-order valence-corrected chi connectivity index (χ3v) is 4.69. The molecule has 1 fully saturated rings. The van der Waals surface area contributed by atoms with Gasteiger partial charge >= 0.3 is 0 Å². The van der Waals surface area contributed by atoms with Crippen LogP contribution in [0.4, 0.5) is 5.95 Å². The van der Waals surface area contributed by atoms with E-state index in [1.807, 2.05) is 30.5 Å². The van der Waals surface area contributed by atoms with Crippen molar-refractivity contribution in [1.82, 2.24) is 15.1 Å². The summed E-state index contributed by atoms with van der Waals surface area (Å²) in [5.41, 5.74) is 2.47. The molecule has 0 unspecified atom stereocenters. The first-order chi connectivity index (χ1) is 12.3. The predicted molar refractivity (Wildman–Crippen MR) is 94.6 cm³/mol. The van der Waals surface area contributed by atoms with Crippen molar-refractivity contribution >= 4 is 17.3 Å². The number of hydrogen-bond acceptors (Lipinski definition) is 8. The van der Waals surface area contributed by atoms with Gasteiger partial charge in [0.15, 0.2) is 5.76 Å². The molecule has 3 aromatic rings. The van der Waals surface area contributed by atoms with Gasteiger partial charge in [-0.15, -0.1) is 11.3 Å². The van der Waals surface area contributed by atoms with E-state index < -0.39 is 0 Å². The van der Waals surface area contributed by atoms with Gasteiger partial charge in [-0.1, -0.05) is 11.2 Å². The zero-order chi connectivity index (χ0) is 17.1. The van der Waals surface area contributed by atoms with Gasteiger partial charge in [0.2, 0.25) is 5.95 Å². The van der Waals surface area contributed by atoms with Gasteiger partial charge in [0.1, 0.15) is 0 Å². The van der Waals surface area contributed by atoms with Crippen molar-refractivity contribution in [2.75, 3.05) is 31.7 Å². The SMILES string of the molecule is Cc1cc(-c2cnc(NC[C@H]3COCCO3)nc2-c2cccs2)on1. The highest BCUT2D eigenvalue weighted by molar-refractivity contribution is 7.13. The highest BCUT2D eigenvalue weighted by atomic mass is 32.1. The number of hydrogen-bond donors (Lipinski definition) is 1. The maximum absolute atomic E-state index is 5.63. The van der Waals surface area contributed by atoms with E-state index in [9.17, 15) is 0 Å². The van der Waals surface area contributed by atoms with Gasteiger partial charge in [-0.2, -0.15) is 0 Å². The van der Waals surface area contributed by atoms with E-state index in [1.54, 1.807) is 17.5 Å². The third kappa shape index (κ3) is 3.71. The zero-order valence-electron chi connectivity index (χ0n) is 13.8. The predicted octanol–water partition coefficient (Wildman–Crippen LogP) is 3.00. The Labute approximate surface area is 149 Å². The fourth-order valence-electron chi connectivity index (χ4n) is 2.60. The van der Waals surface area contributed by atoms with E-state index in [-0.39, 0.29) is 6.10 Å². The van der Waals surface area contributed by atoms with E-state index in [0.29, 0.717) is 38.1 Å². The minimum Gasteiger partial charge on any atom is -0.376 e. The van der Waals surface area contributed by atoms with Crippen LogP contribution in [0.1, 0.15) is 5.69 Å².